The van der Waals surface area contributed by atoms with E-state index in [-0.39, 0.29) is 11.7 Å². The maximum Gasteiger partial charge on any atom is 0.307 e. The molecular weight excluding hydrogens is 396 g/mol. The number of rotatable bonds is 6. The molecule has 0 radical (unpaired) electrons. The fourth-order valence-corrected chi connectivity index (χ4v) is 4.48. The number of aromatic nitrogens is 1. The number of benzene rings is 3. The molecule has 1 saturated carbocycles. The van der Waals surface area contributed by atoms with Gasteiger partial charge < -0.3 is 10.4 Å². The summed E-state index contributed by atoms with van der Waals surface area (Å²) in [5, 5.41) is 13.2. The van der Waals surface area contributed by atoms with E-state index in [1.807, 2.05) is 54.6 Å². The molecule has 2 N–H and O–H groups in total. The van der Waals surface area contributed by atoms with Crippen molar-refractivity contribution in [3.63, 3.8) is 0 Å². The Balaban J connectivity index is 1.28. The van der Waals surface area contributed by atoms with Gasteiger partial charge in [0.2, 0.25) is 0 Å². The third-order valence-corrected chi connectivity index (χ3v) is 6.33. The fraction of sp³-hybridized carbons (Fsp3) is 0.125. The second kappa shape index (κ2) is 7.39. The maximum atomic E-state index is 12.4. The number of Topliss-reactive ketones (excluding diaryl/α,β-unsaturated/α-hetero) is 1. The van der Waals surface area contributed by atoms with Crippen LogP contribution in [0.3, 0.4) is 0 Å². The Morgan fingerprint density at radius 1 is 0.900 bits per heavy atom. The quantitative estimate of drug-likeness (QED) is 0.401. The normalized spacial score (nSPS) is 17.6. The number of nitrogens with one attached hydrogen (secondary N) is 1. The van der Waals surface area contributed by atoms with Crippen LogP contribution in [0.15, 0.2) is 72.8 Å². The minimum Gasteiger partial charge on any atom is -0.481 e. The molecule has 0 bridgehead atoms. The van der Waals surface area contributed by atoms with Crippen molar-refractivity contribution >= 4 is 44.1 Å². The molecule has 1 fully saturated rings. The lowest BCUT2D eigenvalue weighted by Gasteiger charge is -2.06. The second-order valence-electron chi connectivity index (χ2n) is 7.42. The summed E-state index contributed by atoms with van der Waals surface area (Å²) in [4.78, 5) is 27.9. The summed E-state index contributed by atoms with van der Waals surface area (Å²) >= 11 is 1.62. The summed E-state index contributed by atoms with van der Waals surface area (Å²) in [5.41, 5.74) is 4.55. The maximum absolute atomic E-state index is 12.4. The van der Waals surface area contributed by atoms with E-state index in [1.165, 1.54) is 0 Å². The smallest absolute Gasteiger partial charge is 0.307 e. The topological polar surface area (TPSA) is 79.3 Å². The van der Waals surface area contributed by atoms with Crippen LogP contribution >= 0.6 is 11.3 Å². The third kappa shape index (κ3) is 3.57. The van der Waals surface area contributed by atoms with Gasteiger partial charge in [-0.2, -0.15) is 0 Å². The van der Waals surface area contributed by atoms with Crippen LogP contribution in [0.25, 0.3) is 21.3 Å². The zero-order chi connectivity index (χ0) is 20.7. The number of carbonyl (C=O) groups excluding carboxylic acids is 1. The number of hydrogen-bond donors (Lipinski definition) is 2. The Morgan fingerprint density at radius 3 is 2.20 bits per heavy atom. The Labute approximate surface area is 177 Å². The molecule has 4 aromatic rings. The first-order valence-electron chi connectivity index (χ1n) is 9.68. The van der Waals surface area contributed by atoms with E-state index in [9.17, 15) is 9.59 Å². The summed E-state index contributed by atoms with van der Waals surface area (Å²) in [6.07, 6.45) is 0.443. The molecular formula is C24H18N2O3S. The van der Waals surface area contributed by atoms with Crippen molar-refractivity contribution in [2.75, 3.05) is 5.32 Å². The molecule has 0 spiro atoms. The minimum absolute atomic E-state index is 0.0793. The van der Waals surface area contributed by atoms with Crippen molar-refractivity contribution in [1.29, 1.82) is 0 Å². The number of carbonyl (C=O) groups is 2. The molecule has 148 valence electrons. The zero-order valence-electron chi connectivity index (χ0n) is 15.9. The molecule has 5 rings (SSSR count). The van der Waals surface area contributed by atoms with E-state index in [2.05, 4.69) is 16.4 Å². The van der Waals surface area contributed by atoms with E-state index in [0.29, 0.717) is 12.0 Å². The van der Waals surface area contributed by atoms with Gasteiger partial charge in [-0.05, 0) is 41.8 Å². The molecule has 0 aliphatic heterocycles. The predicted octanol–water partition coefficient (Wildman–Crippen LogP) is 5.61. The van der Waals surface area contributed by atoms with Crippen LogP contribution < -0.4 is 5.32 Å². The molecule has 1 aliphatic carbocycles. The summed E-state index contributed by atoms with van der Waals surface area (Å²) in [7, 11) is 0. The SMILES string of the molecule is O=C(O)C1CC1C(=O)c1ccc(-c2ccc(Nc3nc4ccccc4s3)cc2)cc1. The largest absolute Gasteiger partial charge is 0.481 e. The van der Waals surface area contributed by atoms with E-state index in [0.717, 1.165) is 32.2 Å². The number of para-hydroxylation sites is 1. The molecule has 1 heterocycles. The Hall–Kier alpha value is -3.51. The van der Waals surface area contributed by atoms with Crippen LogP contribution in [0.4, 0.5) is 10.8 Å². The Kier molecular flexibility index (Phi) is 4.56. The van der Waals surface area contributed by atoms with E-state index >= 15 is 0 Å². The number of hydrogen-bond acceptors (Lipinski definition) is 5. The number of anilines is 2. The van der Waals surface area contributed by atoms with Gasteiger partial charge in [-0.25, -0.2) is 4.98 Å². The van der Waals surface area contributed by atoms with Gasteiger partial charge in [-0.15, -0.1) is 0 Å². The Bertz CT molecular complexity index is 1210. The van der Waals surface area contributed by atoms with E-state index in [1.54, 1.807) is 23.5 Å². The molecule has 0 amide bonds. The minimum atomic E-state index is -0.885. The second-order valence-corrected chi connectivity index (χ2v) is 8.45. The van der Waals surface area contributed by atoms with Gasteiger partial charge in [0, 0.05) is 17.2 Å². The first-order valence-corrected chi connectivity index (χ1v) is 10.5. The zero-order valence-corrected chi connectivity index (χ0v) is 16.7. The van der Waals surface area contributed by atoms with E-state index in [4.69, 9.17) is 5.11 Å². The average molecular weight is 414 g/mol. The molecule has 0 saturated heterocycles. The molecule has 6 heteroatoms. The molecule has 1 aromatic heterocycles. The third-order valence-electron chi connectivity index (χ3n) is 5.38. The highest BCUT2D eigenvalue weighted by atomic mass is 32.1. The van der Waals surface area contributed by atoms with Crippen molar-refractivity contribution in [3.8, 4) is 11.1 Å². The molecule has 30 heavy (non-hydrogen) atoms. The average Bonchev–Trinajstić information content (AvgIpc) is 3.47. The highest BCUT2D eigenvalue weighted by molar-refractivity contribution is 7.22. The van der Waals surface area contributed by atoms with E-state index < -0.39 is 11.9 Å². The number of carboxylic acids is 1. The first-order chi connectivity index (χ1) is 14.6. The van der Waals surface area contributed by atoms with Crippen LogP contribution in [-0.2, 0) is 4.79 Å². The predicted molar refractivity (Wildman–Crippen MR) is 118 cm³/mol. The highest BCUT2D eigenvalue weighted by Gasteiger charge is 2.48. The molecule has 2 atom stereocenters. The van der Waals surface area contributed by atoms with Crippen molar-refractivity contribution in [3.05, 3.63) is 78.4 Å². The number of carboxylic acid groups (broad SMARTS) is 1. The van der Waals surface area contributed by atoms with Gasteiger partial charge in [0.1, 0.15) is 0 Å². The first kappa shape index (κ1) is 18.5. The summed E-state index contributed by atoms with van der Waals surface area (Å²) < 4.78 is 1.15. The van der Waals surface area contributed by atoms with Crippen LogP contribution in [0.5, 0.6) is 0 Å². The van der Waals surface area contributed by atoms with Gasteiger partial charge in [0.15, 0.2) is 10.9 Å². The van der Waals surface area contributed by atoms with Gasteiger partial charge >= 0.3 is 5.97 Å². The van der Waals surface area contributed by atoms with Crippen LogP contribution in [-0.4, -0.2) is 21.8 Å². The van der Waals surface area contributed by atoms with Crippen molar-refractivity contribution in [2.45, 2.75) is 6.42 Å². The number of fused-ring (bicyclic) bond motifs is 1. The lowest BCUT2D eigenvalue weighted by molar-refractivity contribution is -0.138. The van der Waals surface area contributed by atoms with Gasteiger partial charge in [0.25, 0.3) is 0 Å². The Morgan fingerprint density at radius 2 is 1.57 bits per heavy atom. The number of thiazole rings is 1. The molecule has 2 unspecified atom stereocenters. The van der Waals surface area contributed by atoms with Crippen LogP contribution in [0.1, 0.15) is 16.8 Å². The van der Waals surface area contributed by atoms with Crippen molar-refractivity contribution in [2.24, 2.45) is 11.8 Å². The summed E-state index contributed by atoms with van der Waals surface area (Å²) in [6, 6.07) is 23.5. The van der Waals surface area contributed by atoms with Gasteiger partial charge in [-0.3, -0.25) is 9.59 Å². The van der Waals surface area contributed by atoms with Crippen LogP contribution in [0.2, 0.25) is 0 Å². The summed E-state index contributed by atoms with van der Waals surface area (Å²) in [5.74, 6) is -1.86. The number of aliphatic carboxylic acids is 1. The van der Waals surface area contributed by atoms with Crippen molar-refractivity contribution < 1.29 is 14.7 Å². The number of ketones is 1. The molecule has 3 aromatic carbocycles. The molecule has 5 nitrogen and oxygen atoms in total. The monoisotopic (exact) mass is 414 g/mol. The van der Waals surface area contributed by atoms with Gasteiger partial charge in [-0.1, -0.05) is 59.9 Å². The van der Waals surface area contributed by atoms with Crippen LogP contribution in [0, 0.1) is 11.8 Å². The lowest BCUT2D eigenvalue weighted by Crippen LogP contribution is -2.08. The van der Waals surface area contributed by atoms with Crippen molar-refractivity contribution in [1.82, 2.24) is 4.98 Å². The summed E-state index contributed by atoms with van der Waals surface area (Å²) in [6.45, 7) is 0. The fourth-order valence-electron chi connectivity index (χ4n) is 3.59. The number of nitrogens with zero attached hydrogens (tertiary/aromatic N) is 1. The lowest BCUT2D eigenvalue weighted by atomic mass is 10.0. The standard InChI is InChI=1S/C24H18N2O3S/c27-22(18-13-19(18)23(28)29)16-7-5-14(6-8-16)15-9-11-17(12-10-15)25-24-26-20-3-1-2-4-21(20)30-24/h1-12,18-19H,13H2,(H,25,26)(H,28,29). The molecule has 1 aliphatic rings. The highest BCUT2D eigenvalue weighted by Crippen LogP contribution is 2.41. The van der Waals surface area contributed by atoms with Gasteiger partial charge in [0.05, 0.1) is 16.1 Å².